The second-order valence-electron chi connectivity index (χ2n) is 6.82. The molecule has 2 N–H and O–H groups in total. The lowest BCUT2D eigenvalue weighted by molar-refractivity contribution is -0.113. The van der Waals surface area contributed by atoms with Crippen molar-refractivity contribution in [3.63, 3.8) is 0 Å². The van der Waals surface area contributed by atoms with Crippen molar-refractivity contribution in [3.8, 4) is 23.0 Å². The summed E-state index contributed by atoms with van der Waals surface area (Å²) in [5.41, 5.74) is 1.58. The van der Waals surface area contributed by atoms with Crippen molar-refractivity contribution in [1.82, 2.24) is 10.2 Å². The summed E-state index contributed by atoms with van der Waals surface area (Å²) in [5.74, 6) is 1.20. The van der Waals surface area contributed by atoms with E-state index in [2.05, 4.69) is 20.2 Å². The van der Waals surface area contributed by atoms with E-state index in [-0.39, 0.29) is 28.5 Å². The van der Waals surface area contributed by atoms with Gasteiger partial charge in [-0.15, -0.1) is 10.2 Å². The van der Waals surface area contributed by atoms with Crippen LogP contribution in [0.2, 0.25) is 0 Å². The zero-order valence-electron chi connectivity index (χ0n) is 19.0. The van der Waals surface area contributed by atoms with Crippen LogP contribution in [0.5, 0.6) is 11.5 Å². The number of aromatic nitrogens is 2. The molecule has 0 atom stereocenters. The summed E-state index contributed by atoms with van der Waals surface area (Å²) in [6.07, 6.45) is 0. The van der Waals surface area contributed by atoms with Gasteiger partial charge in [-0.3, -0.25) is 9.52 Å². The van der Waals surface area contributed by atoms with Crippen molar-refractivity contribution in [2.45, 2.75) is 26.0 Å². The van der Waals surface area contributed by atoms with Crippen LogP contribution in [0.4, 0.5) is 11.4 Å². The summed E-state index contributed by atoms with van der Waals surface area (Å²) in [4.78, 5) is 12.5. The number of nitrogens with one attached hydrogen (secondary N) is 2. The summed E-state index contributed by atoms with van der Waals surface area (Å²) < 4.78 is 42.5. The minimum Gasteiger partial charge on any atom is -0.494 e. The minimum atomic E-state index is -3.35. The quantitative estimate of drug-likeness (QED) is 0.349. The van der Waals surface area contributed by atoms with E-state index >= 15 is 0 Å². The standard InChI is InChI=1S/C22H26N4O6S2/c1-4-30-17-11-12-19(31-5-2)18(13-17)23-20(27)14-33-22-25-24-21(32-22)15-7-9-16(10-8-15)26-34(28,29)6-3/h7-13,26H,4-6,14H2,1-3H3,(H,23,27). The number of thioether (sulfide) groups is 1. The van der Waals surface area contributed by atoms with Crippen LogP contribution in [-0.2, 0) is 14.8 Å². The number of anilines is 2. The number of hydrogen-bond donors (Lipinski definition) is 2. The van der Waals surface area contributed by atoms with Crippen LogP contribution in [0, 0.1) is 0 Å². The lowest BCUT2D eigenvalue weighted by atomic mass is 10.2. The third-order valence-corrected chi connectivity index (χ3v) is 6.48. The molecular formula is C22H26N4O6S2. The highest BCUT2D eigenvalue weighted by atomic mass is 32.2. The van der Waals surface area contributed by atoms with E-state index in [0.717, 1.165) is 11.8 Å². The van der Waals surface area contributed by atoms with Gasteiger partial charge >= 0.3 is 0 Å². The molecule has 0 aliphatic heterocycles. The van der Waals surface area contributed by atoms with Gasteiger partial charge in [-0.25, -0.2) is 8.42 Å². The molecule has 0 radical (unpaired) electrons. The van der Waals surface area contributed by atoms with Crippen LogP contribution in [0.15, 0.2) is 52.1 Å². The van der Waals surface area contributed by atoms with Crippen molar-refractivity contribution in [1.29, 1.82) is 0 Å². The van der Waals surface area contributed by atoms with Gasteiger partial charge in [0.2, 0.25) is 21.8 Å². The Balaban J connectivity index is 1.60. The average molecular weight is 507 g/mol. The average Bonchev–Trinajstić information content (AvgIpc) is 3.29. The van der Waals surface area contributed by atoms with Crippen molar-refractivity contribution in [2.24, 2.45) is 0 Å². The molecule has 1 heterocycles. The van der Waals surface area contributed by atoms with Crippen LogP contribution >= 0.6 is 11.8 Å². The molecule has 0 aliphatic carbocycles. The van der Waals surface area contributed by atoms with Gasteiger partial charge in [-0.1, -0.05) is 11.8 Å². The fourth-order valence-corrected chi connectivity index (χ4v) is 3.98. The lowest BCUT2D eigenvalue weighted by Gasteiger charge is -2.13. The fourth-order valence-electron chi connectivity index (χ4n) is 2.78. The van der Waals surface area contributed by atoms with Crippen LogP contribution < -0.4 is 19.5 Å². The number of carbonyl (C=O) groups is 1. The first-order valence-electron chi connectivity index (χ1n) is 10.6. The summed E-state index contributed by atoms with van der Waals surface area (Å²) in [6.45, 7) is 6.27. The molecule has 12 heteroatoms. The molecule has 0 saturated heterocycles. The first-order valence-corrected chi connectivity index (χ1v) is 13.2. The summed E-state index contributed by atoms with van der Waals surface area (Å²) in [5, 5.41) is 11.0. The largest absolute Gasteiger partial charge is 0.494 e. The normalized spacial score (nSPS) is 11.1. The Morgan fingerprint density at radius 3 is 2.44 bits per heavy atom. The monoisotopic (exact) mass is 506 g/mol. The Bertz CT molecular complexity index is 1210. The topological polar surface area (TPSA) is 133 Å². The van der Waals surface area contributed by atoms with Crippen molar-refractivity contribution >= 4 is 39.1 Å². The molecule has 0 spiro atoms. The molecule has 3 aromatic rings. The lowest BCUT2D eigenvalue weighted by Crippen LogP contribution is -2.15. The number of benzene rings is 2. The molecule has 1 aromatic heterocycles. The Morgan fingerprint density at radius 1 is 1.03 bits per heavy atom. The number of amides is 1. The van der Waals surface area contributed by atoms with Crippen LogP contribution in [0.3, 0.4) is 0 Å². The molecule has 0 aliphatic rings. The molecule has 0 fully saturated rings. The van der Waals surface area contributed by atoms with Crippen molar-refractivity contribution < 1.29 is 27.1 Å². The van der Waals surface area contributed by atoms with Gasteiger partial charge < -0.3 is 19.2 Å². The maximum absolute atomic E-state index is 12.5. The Labute approximate surface area is 202 Å². The zero-order chi connectivity index (χ0) is 24.6. The van der Waals surface area contributed by atoms with Crippen molar-refractivity contribution in [3.05, 3.63) is 42.5 Å². The number of sulfonamides is 1. The number of hydrogen-bond acceptors (Lipinski definition) is 9. The molecule has 10 nitrogen and oxygen atoms in total. The maximum Gasteiger partial charge on any atom is 0.277 e. The second-order valence-corrected chi connectivity index (χ2v) is 9.75. The molecule has 0 unspecified atom stereocenters. The first kappa shape index (κ1) is 25.4. The van der Waals surface area contributed by atoms with Gasteiger partial charge in [-0.05, 0) is 57.2 Å². The predicted molar refractivity (Wildman–Crippen MR) is 131 cm³/mol. The predicted octanol–water partition coefficient (Wildman–Crippen LogP) is 4.03. The molecule has 1 amide bonds. The number of nitrogens with zero attached hydrogens (tertiary/aromatic N) is 2. The SMILES string of the molecule is CCOc1ccc(OCC)c(NC(=O)CSc2nnc(-c3ccc(NS(=O)(=O)CC)cc3)o2)c1. The van der Waals surface area contributed by atoms with E-state index in [9.17, 15) is 13.2 Å². The van der Waals surface area contributed by atoms with E-state index in [1.807, 2.05) is 13.8 Å². The van der Waals surface area contributed by atoms with Crippen LogP contribution in [0.25, 0.3) is 11.5 Å². The number of rotatable bonds is 12. The van der Waals surface area contributed by atoms with E-state index < -0.39 is 10.0 Å². The van der Waals surface area contributed by atoms with E-state index in [4.69, 9.17) is 13.9 Å². The molecule has 0 bridgehead atoms. The Kier molecular flexibility index (Phi) is 8.77. The Morgan fingerprint density at radius 2 is 1.76 bits per heavy atom. The maximum atomic E-state index is 12.5. The summed E-state index contributed by atoms with van der Waals surface area (Å²) in [6, 6.07) is 11.8. The molecule has 34 heavy (non-hydrogen) atoms. The fraction of sp³-hybridized carbons (Fsp3) is 0.318. The third-order valence-electron chi connectivity index (χ3n) is 4.35. The zero-order valence-corrected chi connectivity index (χ0v) is 20.7. The third kappa shape index (κ3) is 7.12. The minimum absolute atomic E-state index is 0.0164. The highest BCUT2D eigenvalue weighted by Crippen LogP contribution is 2.30. The summed E-state index contributed by atoms with van der Waals surface area (Å²) in [7, 11) is -3.35. The number of carbonyl (C=O) groups excluding carboxylic acids is 1. The molecule has 2 aromatic carbocycles. The highest BCUT2D eigenvalue weighted by molar-refractivity contribution is 7.99. The van der Waals surface area contributed by atoms with E-state index in [1.165, 1.54) is 0 Å². The Hall–Kier alpha value is -3.25. The van der Waals surface area contributed by atoms with Gasteiger partial charge in [0.25, 0.3) is 5.22 Å². The van der Waals surface area contributed by atoms with Crippen LogP contribution in [-0.4, -0.2) is 49.2 Å². The molecule has 0 saturated carbocycles. The van der Waals surface area contributed by atoms with Gasteiger partial charge in [0, 0.05) is 17.3 Å². The second kappa shape index (κ2) is 11.7. The number of ether oxygens (including phenoxy) is 2. The highest BCUT2D eigenvalue weighted by Gasteiger charge is 2.14. The summed E-state index contributed by atoms with van der Waals surface area (Å²) >= 11 is 1.09. The first-order chi connectivity index (χ1) is 16.3. The molecule has 182 valence electrons. The van der Waals surface area contributed by atoms with E-state index in [0.29, 0.717) is 41.7 Å². The molecule has 3 rings (SSSR count). The smallest absolute Gasteiger partial charge is 0.277 e. The van der Waals surface area contributed by atoms with Gasteiger partial charge in [0.1, 0.15) is 11.5 Å². The van der Waals surface area contributed by atoms with E-state index in [1.54, 1.807) is 49.4 Å². The molecular weight excluding hydrogens is 480 g/mol. The van der Waals surface area contributed by atoms with Crippen LogP contribution in [0.1, 0.15) is 20.8 Å². The van der Waals surface area contributed by atoms with Gasteiger partial charge in [0.15, 0.2) is 0 Å². The van der Waals surface area contributed by atoms with Gasteiger partial charge in [-0.2, -0.15) is 0 Å². The van der Waals surface area contributed by atoms with Gasteiger partial charge in [0.05, 0.1) is 30.4 Å². The van der Waals surface area contributed by atoms with Crippen molar-refractivity contribution in [2.75, 3.05) is 34.8 Å².